The lowest BCUT2D eigenvalue weighted by atomic mass is 9.92. The number of benzene rings is 1. The summed E-state index contributed by atoms with van der Waals surface area (Å²) in [5.74, 6) is -1.43. The summed E-state index contributed by atoms with van der Waals surface area (Å²) < 4.78 is 0. The lowest BCUT2D eigenvalue weighted by molar-refractivity contribution is -0.624. The molecule has 0 spiro atoms. The van der Waals surface area contributed by atoms with Crippen molar-refractivity contribution in [2.24, 2.45) is 0 Å². The van der Waals surface area contributed by atoms with E-state index in [2.05, 4.69) is 5.32 Å². The molecule has 0 radical (unpaired) electrons. The lowest BCUT2D eigenvalue weighted by Gasteiger charge is -2.14. The van der Waals surface area contributed by atoms with Gasteiger partial charge >= 0.3 is 5.82 Å². The molecule has 0 bridgehead atoms. The minimum Gasteiger partial charge on any atom is -0.341 e. The topological polar surface area (TPSA) is 141 Å². The molecule has 20 heavy (non-hydrogen) atoms. The van der Waals surface area contributed by atoms with Crippen molar-refractivity contribution in [2.75, 3.05) is 5.32 Å². The van der Waals surface area contributed by atoms with Crippen LogP contribution in [0.15, 0.2) is 35.8 Å². The first-order valence-corrected chi connectivity index (χ1v) is 5.34. The normalized spacial score (nSPS) is 19.9. The van der Waals surface area contributed by atoms with Crippen LogP contribution in [0.2, 0.25) is 0 Å². The molecule has 0 aliphatic carbocycles. The van der Waals surface area contributed by atoms with Gasteiger partial charge in [0.25, 0.3) is 11.2 Å². The van der Waals surface area contributed by atoms with Gasteiger partial charge < -0.3 is 5.32 Å². The van der Waals surface area contributed by atoms with Crippen molar-refractivity contribution in [3.8, 4) is 0 Å². The summed E-state index contributed by atoms with van der Waals surface area (Å²) >= 11 is 0. The van der Waals surface area contributed by atoms with E-state index in [9.17, 15) is 30.3 Å². The number of rotatable bonds is 3. The Balaban J connectivity index is 2.81. The van der Waals surface area contributed by atoms with Gasteiger partial charge in [0, 0.05) is 17.5 Å². The number of hydrogen-bond acceptors (Lipinski definition) is 7. The number of fused-ring (bicyclic) bond motifs is 1. The quantitative estimate of drug-likeness (QED) is 0.649. The molecule has 1 aromatic rings. The largest absolute Gasteiger partial charge is 0.586 e. The van der Waals surface area contributed by atoms with Gasteiger partial charge in [0.15, 0.2) is 0 Å². The highest BCUT2D eigenvalue weighted by atomic mass is 16.7. The van der Waals surface area contributed by atoms with E-state index in [1.807, 2.05) is 0 Å². The molecule has 1 unspecified atom stereocenters. The van der Waals surface area contributed by atoms with Crippen LogP contribution in [0, 0.1) is 30.3 Å². The minimum absolute atomic E-state index is 0.140. The van der Waals surface area contributed by atoms with Gasteiger partial charge in [-0.3, -0.25) is 30.3 Å². The fraction of sp³-hybridized carbons (Fsp3) is 0.200. The average Bonchev–Trinajstić information content (AvgIpc) is 2.64. The molecule has 0 amide bonds. The van der Waals surface area contributed by atoms with E-state index in [0.717, 1.165) is 6.92 Å². The van der Waals surface area contributed by atoms with Crippen molar-refractivity contribution < 1.29 is 14.8 Å². The van der Waals surface area contributed by atoms with E-state index < -0.39 is 31.8 Å². The molecule has 0 fully saturated rings. The van der Waals surface area contributed by atoms with Crippen molar-refractivity contribution in [3.63, 3.8) is 0 Å². The number of anilines is 1. The van der Waals surface area contributed by atoms with Crippen molar-refractivity contribution in [3.05, 3.63) is 71.7 Å². The number of hydrogen-bond donors (Lipinski definition) is 1. The lowest BCUT2D eigenvalue weighted by Crippen LogP contribution is -2.35. The van der Waals surface area contributed by atoms with Crippen LogP contribution in [0.4, 0.5) is 5.69 Å². The third-order valence-electron chi connectivity index (χ3n) is 3.13. The predicted octanol–water partition coefficient (Wildman–Crippen LogP) is 1.33. The zero-order chi connectivity index (χ0) is 15.1. The van der Waals surface area contributed by atoms with Gasteiger partial charge in [0.1, 0.15) is 9.85 Å². The van der Waals surface area contributed by atoms with E-state index in [0.29, 0.717) is 0 Å². The second kappa shape index (κ2) is 4.26. The third-order valence-corrected chi connectivity index (χ3v) is 3.13. The van der Waals surface area contributed by atoms with E-state index in [-0.39, 0.29) is 11.3 Å². The molecule has 10 heteroatoms. The molecular formula is C10H8N4O6. The zero-order valence-electron chi connectivity index (χ0n) is 10.1. The molecule has 2 rings (SSSR count). The Morgan fingerprint density at radius 2 is 1.65 bits per heavy atom. The van der Waals surface area contributed by atoms with E-state index in [4.69, 9.17) is 0 Å². The Labute approximate surface area is 111 Å². The Kier molecular flexibility index (Phi) is 2.85. The Hall–Kier alpha value is -3.04. The molecule has 1 aromatic carbocycles. The second-order valence-corrected chi connectivity index (χ2v) is 4.21. The van der Waals surface area contributed by atoms with Crippen LogP contribution < -0.4 is 5.32 Å². The Morgan fingerprint density at radius 1 is 1.10 bits per heavy atom. The number of nitrogens with one attached hydrogen (secondary N) is 1. The first-order valence-electron chi connectivity index (χ1n) is 5.34. The highest BCUT2D eigenvalue weighted by molar-refractivity contribution is 5.66. The summed E-state index contributed by atoms with van der Waals surface area (Å²) in [5, 5.41) is 35.4. The Morgan fingerprint density at radius 3 is 2.15 bits per heavy atom. The van der Waals surface area contributed by atoms with Gasteiger partial charge in [0.2, 0.25) is 0 Å². The molecular weight excluding hydrogens is 272 g/mol. The molecule has 0 aromatic heterocycles. The summed E-state index contributed by atoms with van der Waals surface area (Å²) in [6.45, 7) is 1.09. The summed E-state index contributed by atoms with van der Waals surface area (Å²) in [7, 11) is 0. The van der Waals surface area contributed by atoms with Gasteiger partial charge in [-0.05, 0) is 12.1 Å². The molecule has 1 aliphatic heterocycles. The van der Waals surface area contributed by atoms with Crippen molar-refractivity contribution >= 4 is 5.69 Å². The van der Waals surface area contributed by atoms with E-state index in [1.54, 1.807) is 6.07 Å². The zero-order valence-corrected chi connectivity index (χ0v) is 10.1. The highest BCUT2D eigenvalue weighted by Crippen LogP contribution is 2.44. The number of nitro groups is 3. The summed E-state index contributed by atoms with van der Waals surface area (Å²) in [6.07, 6.45) is 0. The highest BCUT2D eigenvalue weighted by Gasteiger charge is 2.58. The van der Waals surface area contributed by atoms with Gasteiger partial charge in [0.05, 0.1) is 5.56 Å². The standard InChI is InChI=1S/C10H8N4O6/c1-10(14(19)20)6-4-2-3-5-7(6)11-8(10)9(12(15)16)13(17)18/h2-5,11H,1H3. The SMILES string of the molecule is CC1([N+](=O)[O-])C(=C([N+](=O)[O-])[N+](=O)[O-])Nc2ccccc21. The fourth-order valence-electron chi connectivity index (χ4n) is 2.12. The van der Waals surface area contributed by atoms with Gasteiger partial charge in [-0.25, -0.2) is 0 Å². The monoisotopic (exact) mass is 280 g/mol. The molecule has 0 saturated heterocycles. The molecule has 1 N–H and O–H groups in total. The molecule has 104 valence electrons. The molecule has 1 aliphatic rings. The van der Waals surface area contributed by atoms with E-state index >= 15 is 0 Å². The van der Waals surface area contributed by atoms with Crippen molar-refractivity contribution in [1.29, 1.82) is 0 Å². The van der Waals surface area contributed by atoms with Crippen LogP contribution in [-0.2, 0) is 5.54 Å². The third kappa shape index (κ3) is 1.66. The van der Waals surface area contributed by atoms with Crippen LogP contribution in [0.1, 0.15) is 12.5 Å². The predicted molar refractivity (Wildman–Crippen MR) is 65.4 cm³/mol. The summed E-state index contributed by atoms with van der Waals surface area (Å²) in [6, 6.07) is 5.94. The van der Waals surface area contributed by atoms with Gasteiger partial charge in [-0.2, -0.15) is 0 Å². The fourth-order valence-corrected chi connectivity index (χ4v) is 2.12. The van der Waals surface area contributed by atoms with Crippen molar-refractivity contribution in [2.45, 2.75) is 12.5 Å². The van der Waals surface area contributed by atoms with E-state index in [1.165, 1.54) is 18.2 Å². The van der Waals surface area contributed by atoms with Gasteiger partial charge in [-0.1, -0.05) is 12.1 Å². The first kappa shape index (κ1) is 13.4. The second-order valence-electron chi connectivity index (χ2n) is 4.21. The average molecular weight is 280 g/mol. The molecule has 10 nitrogen and oxygen atoms in total. The number of para-hydroxylation sites is 1. The van der Waals surface area contributed by atoms with Crippen LogP contribution in [0.25, 0.3) is 0 Å². The maximum absolute atomic E-state index is 11.3. The number of nitrogens with zero attached hydrogens (tertiary/aromatic N) is 3. The molecule has 1 heterocycles. The maximum Gasteiger partial charge on any atom is 0.586 e. The minimum atomic E-state index is -2.06. The van der Waals surface area contributed by atoms with Crippen LogP contribution >= 0.6 is 0 Å². The van der Waals surface area contributed by atoms with Crippen LogP contribution in [0.3, 0.4) is 0 Å². The molecule has 0 saturated carbocycles. The smallest absolute Gasteiger partial charge is 0.341 e. The van der Waals surface area contributed by atoms with Gasteiger partial charge in [-0.15, -0.1) is 0 Å². The van der Waals surface area contributed by atoms with Crippen LogP contribution in [-0.4, -0.2) is 14.8 Å². The summed E-state index contributed by atoms with van der Waals surface area (Å²) in [4.78, 5) is 29.7. The Bertz CT molecular complexity index is 653. The van der Waals surface area contributed by atoms with Crippen molar-refractivity contribution in [1.82, 2.24) is 0 Å². The molecule has 1 atom stereocenters. The summed E-state index contributed by atoms with van der Waals surface area (Å²) in [5.41, 5.74) is -2.34. The first-order chi connectivity index (χ1) is 9.30. The maximum atomic E-state index is 11.3. The van der Waals surface area contributed by atoms with Crippen LogP contribution in [0.5, 0.6) is 0 Å².